The highest BCUT2D eigenvalue weighted by atomic mass is 32.2. The Hall–Kier alpha value is -4.03. The summed E-state index contributed by atoms with van der Waals surface area (Å²) in [7, 11) is 2.89. The van der Waals surface area contributed by atoms with Crippen LogP contribution in [0.5, 0.6) is 11.5 Å². The fraction of sp³-hybridized carbons (Fsp3) is 0.280. The number of ether oxygens (including phenoxy) is 4. The molecule has 2 aromatic carbocycles. The number of nitrogens with zero attached hydrogens (tertiary/aromatic N) is 2. The van der Waals surface area contributed by atoms with Crippen molar-refractivity contribution in [2.45, 2.75) is 17.7 Å². The predicted molar refractivity (Wildman–Crippen MR) is 134 cm³/mol. The summed E-state index contributed by atoms with van der Waals surface area (Å²) >= 11 is 1.28. The summed E-state index contributed by atoms with van der Waals surface area (Å²) in [5, 5.41) is 9.34. The molecule has 0 radical (unpaired) electrons. The predicted octanol–water partition coefficient (Wildman–Crippen LogP) is 2.17. The van der Waals surface area contributed by atoms with Crippen molar-refractivity contribution in [3.8, 4) is 11.5 Å². The van der Waals surface area contributed by atoms with E-state index >= 15 is 0 Å². The molecule has 0 aromatic heterocycles. The van der Waals surface area contributed by atoms with Gasteiger partial charge in [-0.25, -0.2) is 14.6 Å². The number of carbonyl (C=O) groups is 3. The van der Waals surface area contributed by atoms with Crippen molar-refractivity contribution in [3.05, 3.63) is 70.9 Å². The van der Waals surface area contributed by atoms with Crippen molar-refractivity contribution in [1.82, 2.24) is 4.90 Å². The maximum atomic E-state index is 13.4. The third kappa shape index (κ3) is 5.11. The quantitative estimate of drug-likeness (QED) is 0.284. The first-order valence-electron chi connectivity index (χ1n) is 11.1. The van der Waals surface area contributed by atoms with E-state index in [2.05, 4.69) is 4.99 Å². The zero-order valence-corrected chi connectivity index (χ0v) is 20.9. The van der Waals surface area contributed by atoms with Gasteiger partial charge in [-0.1, -0.05) is 24.3 Å². The van der Waals surface area contributed by atoms with Gasteiger partial charge in [-0.05, 0) is 29.8 Å². The average Bonchev–Trinajstić information content (AvgIpc) is 2.91. The Morgan fingerprint density at radius 2 is 1.89 bits per heavy atom. The maximum absolute atomic E-state index is 13.4. The third-order valence-corrected chi connectivity index (χ3v) is 7.20. The number of aromatic hydroxyl groups is 1. The summed E-state index contributed by atoms with van der Waals surface area (Å²) in [5.74, 6) is -0.501. The van der Waals surface area contributed by atoms with Crippen molar-refractivity contribution in [3.63, 3.8) is 0 Å². The zero-order chi connectivity index (χ0) is 26.6. The minimum absolute atomic E-state index is 0.00832. The molecule has 1 saturated heterocycles. The lowest BCUT2D eigenvalue weighted by atomic mass is 9.98. The SMILES string of the molecule is COc1ccc(COC(=O)C2=C(COC(N)=O)CSC3N2C(=O)[C@]3(N=Cc2ccccc2O)OC)cc1. The van der Waals surface area contributed by atoms with Gasteiger partial charge in [0.15, 0.2) is 0 Å². The van der Waals surface area contributed by atoms with E-state index in [9.17, 15) is 19.5 Å². The molecule has 1 fully saturated rings. The maximum Gasteiger partial charge on any atom is 0.404 e. The van der Waals surface area contributed by atoms with Gasteiger partial charge in [0, 0.05) is 30.2 Å². The molecule has 4 rings (SSSR count). The molecule has 2 amide bonds. The molecule has 0 bridgehead atoms. The zero-order valence-electron chi connectivity index (χ0n) is 20.1. The number of hydrogen-bond donors (Lipinski definition) is 2. The highest BCUT2D eigenvalue weighted by Gasteiger charge is 2.66. The second-order valence-electron chi connectivity index (χ2n) is 8.04. The molecule has 2 atom stereocenters. The van der Waals surface area contributed by atoms with Crippen LogP contribution >= 0.6 is 11.8 Å². The summed E-state index contributed by atoms with van der Waals surface area (Å²) in [4.78, 5) is 43.4. The highest BCUT2D eigenvalue weighted by Crippen LogP contribution is 2.49. The lowest BCUT2D eigenvalue weighted by Crippen LogP contribution is -2.73. The van der Waals surface area contributed by atoms with Gasteiger partial charge in [0.1, 0.15) is 35.8 Å². The molecular weight excluding hydrogens is 502 g/mol. The first-order valence-corrected chi connectivity index (χ1v) is 12.1. The molecule has 2 aliphatic rings. The number of primary amides is 1. The standard InChI is InChI=1S/C25H25N3O8S/c1-33-18-9-7-15(8-10-18)12-35-21(30)20-17(13-36-24(26)32)14-37-23-25(34-2,22(31)28(20)23)27-11-16-5-3-4-6-19(16)29/h3-11,23,29H,12-14H2,1-2H3,(H2,26,32)/t23?,25-/m0/s1. The number of carbonyl (C=O) groups excluding carboxylic acids is 3. The summed E-state index contributed by atoms with van der Waals surface area (Å²) < 4.78 is 21.1. The van der Waals surface area contributed by atoms with Crippen molar-refractivity contribution in [2.75, 3.05) is 26.6 Å². The second kappa shape index (κ2) is 10.9. The molecule has 1 unspecified atom stereocenters. The number of thioether (sulfide) groups is 1. The van der Waals surface area contributed by atoms with E-state index in [1.165, 1.54) is 36.1 Å². The Balaban J connectivity index is 1.59. The number of benzene rings is 2. The van der Waals surface area contributed by atoms with Gasteiger partial charge in [-0.3, -0.25) is 9.69 Å². The molecule has 11 nitrogen and oxygen atoms in total. The van der Waals surface area contributed by atoms with Crippen molar-refractivity contribution in [1.29, 1.82) is 0 Å². The average molecular weight is 528 g/mol. The van der Waals surface area contributed by atoms with Gasteiger partial charge < -0.3 is 29.8 Å². The van der Waals surface area contributed by atoms with Gasteiger partial charge in [-0.2, -0.15) is 0 Å². The molecule has 194 valence electrons. The van der Waals surface area contributed by atoms with Gasteiger partial charge >= 0.3 is 12.1 Å². The van der Waals surface area contributed by atoms with E-state index in [0.29, 0.717) is 22.4 Å². The normalized spacial score (nSPS) is 20.9. The summed E-state index contributed by atoms with van der Waals surface area (Å²) in [5.41, 5.74) is 4.91. The number of aliphatic imine (C=N–C) groups is 1. The van der Waals surface area contributed by atoms with E-state index in [0.717, 1.165) is 0 Å². The molecule has 2 aliphatic heterocycles. The first-order chi connectivity index (χ1) is 17.8. The number of fused-ring (bicyclic) bond motifs is 1. The van der Waals surface area contributed by atoms with Crippen LogP contribution in [0.1, 0.15) is 11.1 Å². The van der Waals surface area contributed by atoms with Crippen LogP contribution in [0.15, 0.2) is 64.8 Å². The van der Waals surface area contributed by atoms with Crippen LogP contribution in [0.4, 0.5) is 4.79 Å². The van der Waals surface area contributed by atoms with Crippen LogP contribution in [0.25, 0.3) is 0 Å². The molecule has 37 heavy (non-hydrogen) atoms. The molecule has 0 spiro atoms. The van der Waals surface area contributed by atoms with Crippen LogP contribution in [0.2, 0.25) is 0 Å². The monoisotopic (exact) mass is 527 g/mol. The molecule has 2 aromatic rings. The molecular formula is C25H25N3O8S. The molecule has 0 saturated carbocycles. The Bertz CT molecular complexity index is 1260. The number of phenolic OH excluding ortho intramolecular Hbond substituents is 1. The Morgan fingerprint density at radius 1 is 1.16 bits per heavy atom. The Morgan fingerprint density at radius 3 is 2.54 bits per heavy atom. The van der Waals surface area contributed by atoms with E-state index in [1.807, 2.05) is 0 Å². The Labute approximate surface area is 216 Å². The van der Waals surface area contributed by atoms with Crippen LogP contribution in [-0.2, 0) is 30.4 Å². The lowest BCUT2D eigenvalue weighted by Gasteiger charge is -2.53. The van der Waals surface area contributed by atoms with Gasteiger partial charge in [0.05, 0.1) is 7.11 Å². The fourth-order valence-electron chi connectivity index (χ4n) is 3.89. The number of phenols is 1. The molecule has 3 N–H and O–H groups in total. The summed E-state index contributed by atoms with van der Waals surface area (Å²) in [6, 6.07) is 13.5. The number of para-hydroxylation sites is 1. The number of methoxy groups -OCH3 is 2. The fourth-order valence-corrected chi connectivity index (χ4v) is 5.30. The smallest absolute Gasteiger partial charge is 0.404 e. The van der Waals surface area contributed by atoms with Gasteiger partial charge in [0.2, 0.25) is 0 Å². The highest BCUT2D eigenvalue weighted by molar-refractivity contribution is 8.00. The summed E-state index contributed by atoms with van der Waals surface area (Å²) in [6.07, 6.45) is 0.338. The second-order valence-corrected chi connectivity index (χ2v) is 9.11. The Kier molecular flexibility index (Phi) is 7.69. The third-order valence-electron chi connectivity index (χ3n) is 5.84. The van der Waals surface area contributed by atoms with Crippen LogP contribution < -0.4 is 10.5 Å². The van der Waals surface area contributed by atoms with Crippen molar-refractivity contribution in [2.24, 2.45) is 10.7 Å². The summed E-state index contributed by atoms with van der Waals surface area (Å²) in [6.45, 7) is -0.343. The molecule has 0 aliphatic carbocycles. The lowest BCUT2D eigenvalue weighted by molar-refractivity contribution is -0.183. The number of amides is 2. The van der Waals surface area contributed by atoms with E-state index in [1.54, 1.807) is 49.6 Å². The molecule has 12 heteroatoms. The van der Waals surface area contributed by atoms with E-state index in [4.69, 9.17) is 24.7 Å². The van der Waals surface area contributed by atoms with E-state index < -0.39 is 29.1 Å². The van der Waals surface area contributed by atoms with E-state index in [-0.39, 0.29) is 30.4 Å². The van der Waals surface area contributed by atoms with Gasteiger partial charge in [-0.15, -0.1) is 11.8 Å². The largest absolute Gasteiger partial charge is 0.507 e. The number of nitrogens with two attached hydrogens (primary N) is 1. The molecule has 2 heterocycles. The van der Waals surface area contributed by atoms with Crippen molar-refractivity contribution >= 4 is 35.9 Å². The number of rotatable bonds is 9. The minimum Gasteiger partial charge on any atom is -0.507 e. The first kappa shape index (κ1) is 26.0. The number of hydrogen-bond acceptors (Lipinski definition) is 10. The van der Waals surface area contributed by atoms with Crippen molar-refractivity contribution < 1.29 is 38.4 Å². The minimum atomic E-state index is -1.62. The number of β-lactam (4-membered cyclic amide) rings is 1. The van der Waals surface area contributed by atoms with Crippen LogP contribution in [-0.4, -0.2) is 71.9 Å². The number of esters is 1. The van der Waals surface area contributed by atoms with Crippen LogP contribution in [0, 0.1) is 0 Å². The topological polar surface area (TPSA) is 150 Å². The van der Waals surface area contributed by atoms with Gasteiger partial charge in [0.25, 0.3) is 11.6 Å². The van der Waals surface area contributed by atoms with Crippen LogP contribution in [0.3, 0.4) is 0 Å².